The number of rotatable bonds is 2. The maximum atomic E-state index is 5.49. The molecule has 1 aliphatic heterocycles. The van der Waals surface area contributed by atoms with Crippen LogP contribution in [0.3, 0.4) is 0 Å². The summed E-state index contributed by atoms with van der Waals surface area (Å²) in [6, 6.07) is 0. The molecule has 1 rings (SSSR count). The van der Waals surface area contributed by atoms with Crippen molar-refractivity contribution in [3.8, 4) is 0 Å². The zero-order chi connectivity index (χ0) is 6.74. The minimum Gasteiger partial charge on any atom is -0.663 e. The maximum absolute atomic E-state index is 5.49. The van der Waals surface area contributed by atoms with Gasteiger partial charge in [0.15, 0.2) is 0 Å². The normalized spacial score (nSPS) is 35.3. The van der Waals surface area contributed by atoms with Gasteiger partial charge in [-0.25, -0.2) is 0 Å². The van der Waals surface area contributed by atoms with Gasteiger partial charge in [0.25, 0.3) is 0 Å². The van der Waals surface area contributed by atoms with Crippen molar-refractivity contribution in [1.82, 2.24) is 0 Å². The fourth-order valence-corrected chi connectivity index (χ4v) is 1.30. The molecule has 54 valence electrons. The van der Waals surface area contributed by atoms with E-state index in [1.54, 1.807) is 0 Å². The lowest BCUT2D eigenvalue weighted by Gasteiger charge is -2.29. The average Bonchev–Trinajstić information content (AvgIpc) is 2.16. The van der Waals surface area contributed by atoms with Crippen molar-refractivity contribution < 1.29 is 4.74 Å². The lowest BCUT2D eigenvalue weighted by atomic mass is 10.0. The molecule has 1 fully saturated rings. The summed E-state index contributed by atoms with van der Waals surface area (Å²) in [7, 11) is 1.84. The lowest BCUT2D eigenvalue weighted by Crippen LogP contribution is -2.26. The molecule has 2 heteroatoms. The van der Waals surface area contributed by atoms with Crippen LogP contribution < -0.4 is 0 Å². The highest BCUT2D eigenvalue weighted by atomic mass is 16.5. The second kappa shape index (κ2) is 2.67. The molecule has 1 saturated heterocycles. The molecule has 0 radical (unpaired) electrons. The molecule has 0 aromatic carbocycles. The third-order valence-electron chi connectivity index (χ3n) is 1.79. The highest BCUT2D eigenvalue weighted by Crippen LogP contribution is 2.25. The lowest BCUT2D eigenvalue weighted by molar-refractivity contribution is 0.0330. The molecular weight excluding hydrogens is 114 g/mol. The number of hydrogen-bond acceptors (Lipinski definition) is 1. The van der Waals surface area contributed by atoms with Crippen LogP contribution in [0.1, 0.15) is 19.8 Å². The first-order valence-corrected chi connectivity index (χ1v) is 3.46. The van der Waals surface area contributed by atoms with E-state index in [1.807, 2.05) is 7.05 Å². The van der Waals surface area contributed by atoms with Crippen molar-refractivity contribution in [2.75, 3.05) is 20.2 Å². The van der Waals surface area contributed by atoms with E-state index >= 15 is 0 Å². The van der Waals surface area contributed by atoms with E-state index in [4.69, 9.17) is 4.74 Å². The van der Waals surface area contributed by atoms with E-state index < -0.39 is 0 Å². The van der Waals surface area contributed by atoms with Crippen molar-refractivity contribution in [3.05, 3.63) is 5.32 Å². The van der Waals surface area contributed by atoms with Gasteiger partial charge in [0.2, 0.25) is 0 Å². The standard InChI is InChI=1S/C7H14NO/c1-7(6-8-2)4-3-5-9-7/h3-6H2,1-2H3/q-1. The van der Waals surface area contributed by atoms with Crippen LogP contribution in [0.2, 0.25) is 0 Å². The molecule has 0 aromatic heterocycles. The molecule has 0 N–H and O–H groups in total. The summed E-state index contributed by atoms with van der Waals surface area (Å²) in [5, 5.41) is 4.06. The summed E-state index contributed by atoms with van der Waals surface area (Å²) in [6.07, 6.45) is 2.37. The van der Waals surface area contributed by atoms with Crippen LogP contribution in [0.25, 0.3) is 5.32 Å². The van der Waals surface area contributed by atoms with E-state index in [1.165, 1.54) is 12.8 Å². The summed E-state index contributed by atoms with van der Waals surface area (Å²) < 4.78 is 5.49. The van der Waals surface area contributed by atoms with Crippen molar-refractivity contribution >= 4 is 0 Å². The molecule has 0 aromatic rings. The van der Waals surface area contributed by atoms with Crippen molar-refractivity contribution in [2.45, 2.75) is 25.4 Å². The monoisotopic (exact) mass is 128 g/mol. The Morgan fingerprint density at radius 3 is 2.89 bits per heavy atom. The molecule has 9 heavy (non-hydrogen) atoms. The van der Waals surface area contributed by atoms with E-state index in [2.05, 4.69) is 12.2 Å². The Kier molecular flexibility index (Phi) is 2.09. The molecule has 0 saturated carbocycles. The van der Waals surface area contributed by atoms with Gasteiger partial charge in [-0.05, 0) is 19.8 Å². The minimum absolute atomic E-state index is 0.0781. The van der Waals surface area contributed by atoms with E-state index in [0.29, 0.717) is 0 Å². The van der Waals surface area contributed by atoms with Gasteiger partial charge in [-0.3, -0.25) is 0 Å². The first-order valence-electron chi connectivity index (χ1n) is 3.46. The summed E-state index contributed by atoms with van der Waals surface area (Å²) >= 11 is 0. The SMILES string of the molecule is C[N-]CC1(C)CCCO1. The van der Waals surface area contributed by atoms with Gasteiger partial charge >= 0.3 is 0 Å². The predicted molar refractivity (Wildman–Crippen MR) is 37.7 cm³/mol. The number of hydrogen-bond donors (Lipinski definition) is 0. The van der Waals surface area contributed by atoms with Crippen molar-refractivity contribution in [2.24, 2.45) is 0 Å². The fourth-order valence-electron chi connectivity index (χ4n) is 1.30. The van der Waals surface area contributed by atoms with Gasteiger partial charge in [-0.1, -0.05) is 0 Å². The van der Waals surface area contributed by atoms with Gasteiger partial charge in [-0.2, -0.15) is 7.05 Å². The molecular formula is C7H14NO-. The van der Waals surface area contributed by atoms with Crippen LogP contribution in [0.5, 0.6) is 0 Å². The van der Waals surface area contributed by atoms with Crippen molar-refractivity contribution in [1.29, 1.82) is 0 Å². The third-order valence-corrected chi connectivity index (χ3v) is 1.79. The summed E-state index contributed by atoms with van der Waals surface area (Å²) in [5.74, 6) is 0. The van der Waals surface area contributed by atoms with Gasteiger partial charge in [0.05, 0.1) is 0 Å². The first kappa shape index (κ1) is 7.03. The minimum atomic E-state index is 0.0781. The molecule has 1 atom stereocenters. The average molecular weight is 128 g/mol. The molecule has 0 bridgehead atoms. The Morgan fingerprint density at radius 2 is 2.44 bits per heavy atom. The number of likely N-dealkylation sites (N-methyl/N-ethyl adjacent to an activating group) is 1. The topological polar surface area (TPSA) is 23.3 Å². The molecule has 0 amide bonds. The molecule has 2 nitrogen and oxygen atoms in total. The van der Waals surface area contributed by atoms with Crippen LogP contribution >= 0.6 is 0 Å². The number of ether oxygens (including phenoxy) is 1. The van der Waals surface area contributed by atoms with Crippen LogP contribution in [-0.4, -0.2) is 25.8 Å². The van der Waals surface area contributed by atoms with Crippen LogP contribution in [0.4, 0.5) is 0 Å². The zero-order valence-electron chi connectivity index (χ0n) is 6.18. The molecule has 1 unspecified atom stereocenters. The second-order valence-electron chi connectivity index (χ2n) is 2.88. The molecule has 0 aliphatic carbocycles. The summed E-state index contributed by atoms with van der Waals surface area (Å²) in [5.41, 5.74) is 0.0781. The van der Waals surface area contributed by atoms with E-state index in [-0.39, 0.29) is 5.60 Å². The van der Waals surface area contributed by atoms with Crippen LogP contribution in [-0.2, 0) is 4.74 Å². The smallest absolute Gasteiger partial charge is 0.0473 e. The van der Waals surface area contributed by atoms with Gasteiger partial charge in [0, 0.05) is 12.2 Å². The Morgan fingerprint density at radius 1 is 1.67 bits per heavy atom. The fraction of sp³-hybridized carbons (Fsp3) is 1.00. The molecule has 1 aliphatic rings. The molecule has 1 heterocycles. The largest absolute Gasteiger partial charge is 0.663 e. The summed E-state index contributed by atoms with van der Waals surface area (Å²) in [4.78, 5) is 0. The van der Waals surface area contributed by atoms with E-state index in [0.717, 1.165) is 13.2 Å². The highest BCUT2D eigenvalue weighted by Gasteiger charge is 2.24. The maximum Gasteiger partial charge on any atom is 0.0473 e. The third kappa shape index (κ3) is 1.66. The van der Waals surface area contributed by atoms with Gasteiger partial charge in [0.1, 0.15) is 0 Å². The van der Waals surface area contributed by atoms with Crippen LogP contribution in [0, 0.1) is 0 Å². The zero-order valence-corrected chi connectivity index (χ0v) is 6.18. The second-order valence-corrected chi connectivity index (χ2v) is 2.88. The highest BCUT2D eigenvalue weighted by molar-refractivity contribution is 4.90. The summed E-state index contributed by atoms with van der Waals surface area (Å²) in [6.45, 7) is 3.91. The van der Waals surface area contributed by atoms with Gasteiger partial charge in [-0.15, -0.1) is 6.54 Å². The quantitative estimate of drug-likeness (QED) is 0.553. The van der Waals surface area contributed by atoms with Gasteiger partial charge < -0.3 is 10.1 Å². The Bertz CT molecular complexity index is 86.9. The Balaban J connectivity index is 2.32. The first-order chi connectivity index (χ1) is 4.27. The molecule has 0 spiro atoms. The Labute approximate surface area is 56.6 Å². The van der Waals surface area contributed by atoms with Crippen LogP contribution in [0.15, 0.2) is 0 Å². The predicted octanol–water partition coefficient (Wildman–Crippen LogP) is 1.56. The van der Waals surface area contributed by atoms with Crippen molar-refractivity contribution in [3.63, 3.8) is 0 Å². The number of nitrogens with zero attached hydrogens (tertiary/aromatic N) is 1. The van der Waals surface area contributed by atoms with E-state index in [9.17, 15) is 0 Å². The Hall–Kier alpha value is -0.0800.